The smallest absolute Gasteiger partial charge is 0.201 e. The average molecular weight is 416 g/mol. The molecule has 0 saturated heterocycles. The first kappa shape index (κ1) is 14.6. The van der Waals surface area contributed by atoms with E-state index in [1.165, 1.54) is 6.07 Å². The van der Waals surface area contributed by atoms with Gasteiger partial charge in [-0.25, -0.2) is 9.37 Å². The zero-order chi connectivity index (χ0) is 15.1. The van der Waals surface area contributed by atoms with Gasteiger partial charge < -0.3 is 10.3 Å². The number of halogens is 3. The van der Waals surface area contributed by atoms with Gasteiger partial charge in [0.1, 0.15) is 5.82 Å². The van der Waals surface area contributed by atoms with E-state index in [1.807, 2.05) is 58.3 Å². The molecule has 1 heterocycles. The predicted molar refractivity (Wildman–Crippen MR) is 92.1 cm³/mol. The van der Waals surface area contributed by atoms with Gasteiger partial charge in [-0.2, -0.15) is 0 Å². The number of hydrogen-bond donors (Lipinski definition) is 1. The van der Waals surface area contributed by atoms with Crippen LogP contribution in [0.15, 0.2) is 36.4 Å². The highest BCUT2D eigenvalue weighted by Crippen LogP contribution is 2.30. The van der Waals surface area contributed by atoms with Crippen LogP contribution in [-0.4, -0.2) is 9.55 Å². The second-order valence-electron chi connectivity index (χ2n) is 4.83. The third-order valence-electron chi connectivity index (χ3n) is 3.48. The molecule has 108 valence electrons. The number of aromatic nitrogens is 2. The highest BCUT2D eigenvalue weighted by atomic mass is 127. The molecule has 1 unspecified atom stereocenters. The van der Waals surface area contributed by atoms with Crippen molar-refractivity contribution < 1.29 is 4.39 Å². The molecule has 0 radical (unpaired) electrons. The van der Waals surface area contributed by atoms with Gasteiger partial charge in [-0.05, 0) is 53.3 Å². The van der Waals surface area contributed by atoms with Crippen LogP contribution in [0.1, 0.15) is 18.5 Å². The van der Waals surface area contributed by atoms with Crippen LogP contribution >= 0.6 is 34.2 Å². The molecule has 0 aliphatic rings. The number of nitrogen functional groups attached to an aromatic ring is 1. The number of anilines is 1. The normalized spacial score (nSPS) is 12.8. The molecule has 3 rings (SSSR count). The first-order valence-electron chi connectivity index (χ1n) is 6.35. The summed E-state index contributed by atoms with van der Waals surface area (Å²) in [5.41, 5.74) is 8.38. The van der Waals surface area contributed by atoms with Crippen LogP contribution in [0.2, 0.25) is 5.02 Å². The molecule has 0 aliphatic carbocycles. The van der Waals surface area contributed by atoms with E-state index in [0.717, 1.165) is 5.56 Å². The zero-order valence-electron chi connectivity index (χ0n) is 11.1. The summed E-state index contributed by atoms with van der Waals surface area (Å²) in [6, 6.07) is 10.6. The van der Waals surface area contributed by atoms with Crippen LogP contribution in [0.5, 0.6) is 0 Å². The topological polar surface area (TPSA) is 43.8 Å². The van der Waals surface area contributed by atoms with E-state index in [0.29, 0.717) is 25.6 Å². The van der Waals surface area contributed by atoms with E-state index in [4.69, 9.17) is 17.3 Å². The number of benzene rings is 2. The van der Waals surface area contributed by atoms with Crippen molar-refractivity contribution in [3.05, 3.63) is 56.4 Å². The summed E-state index contributed by atoms with van der Waals surface area (Å²) >= 11 is 7.98. The highest BCUT2D eigenvalue weighted by Gasteiger charge is 2.17. The Morgan fingerprint density at radius 1 is 1.33 bits per heavy atom. The molecule has 0 aliphatic heterocycles. The minimum atomic E-state index is -0.275. The van der Waals surface area contributed by atoms with Gasteiger partial charge in [0.2, 0.25) is 5.95 Å². The van der Waals surface area contributed by atoms with Crippen molar-refractivity contribution in [2.75, 3.05) is 5.73 Å². The summed E-state index contributed by atoms with van der Waals surface area (Å²) in [6.07, 6.45) is 0. The number of nitrogens with zero attached hydrogens (tertiary/aromatic N) is 2. The first-order valence-corrected chi connectivity index (χ1v) is 7.81. The highest BCUT2D eigenvalue weighted by molar-refractivity contribution is 14.1. The van der Waals surface area contributed by atoms with Crippen LogP contribution in [-0.2, 0) is 0 Å². The molecule has 2 aromatic carbocycles. The van der Waals surface area contributed by atoms with Crippen LogP contribution in [0.4, 0.5) is 10.3 Å². The van der Waals surface area contributed by atoms with Gasteiger partial charge in [0.25, 0.3) is 0 Å². The number of nitrogens with two attached hydrogens (primary N) is 1. The van der Waals surface area contributed by atoms with Crippen LogP contribution in [0, 0.1) is 9.39 Å². The fourth-order valence-corrected chi connectivity index (χ4v) is 3.08. The molecule has 0 amide bonds. The number of rotatable bonds is 2. The third kappa shape index (κ3) is 2.60. The van der Waals surface area contributed by atoms with E-state index in [2.05, 4.69) is 4.98 Å². The monoisotopic (exact) mass is 415 g/mol. The van der Waals surface area contributed by atoms with Crippen LogP contribution in [0.25, 0.3) is 11.0 Å². The van der Waals surface area contributed by atoms with Crippen molar-refractivity contribution >= 4 is 51.2 Å². The lowest BCUT2D eigenvalue weighted by molar-refractivity contribution is 0.618. The number of imidazole rings is 1. The van der Waals surface area contributed by atoms with Gasteiger partial charge in [-0.1, -0.05) is 23.7 Å². The van der Waals surface area contributed by atoms with Gasteiger partial charge in [0.05, 0.1) is 20.6 Å². The molecule has 3 aromatic rings. The van der Waals surface area contributed by atoms with E-state index in [1.54, 1.807) is 6.07 Å². The second-order valence-corrected chi connectivity index (χ2v) is 6.42. The quantitative estimate of drug-likeness (QED) is 0.621. The lowest BCUT2D eigenvalue weighted by Gasteiger charge is -2.17. The Kier molecular flexibility index (Phi) is 3.79. The maximum Gasteiger partial charge on any atom is 0.201 e. The molecule has 1 atom stereocenters. The molecule has 6 heteroatoms. The molecule has 0 saturated carbocycles. The summed E-state index contributed by atoms with van der Waals surface area (Å²) in [5.74, 6) is 0.0846. The molecule has 2 N–H and O–H groups in total. The van der Waals surface area contributed by atoms with Gasteiger partial charge in [-0.15, -0.1) is 0 Å². The van der Waals surface area contributed by atoms with E-state index < -0.39 is 0 Å². The Balaban J connectivity index is 2.19. The Hall–Kier alpha value is -1.34. The molecule has 1 aromatic heterocycles. The Bertz CT molecular complexity index is 831. The largest absolute Gasteiger partial charge is 0.369 e. The van der Waals surface area contributed by atoms with Crippen molar-refractivity contribution in [1.29, 1.82) is 0 Å². The van der Waals surface area contributed by atoms with Crippen molar-refractivity contribution in [3.8, 4) is 0 Å². The molecule has 3 nitrogen and oxygen atoms in total. The lowest BCUT2D eigenvalue weighted by Crippen LogP contribution is -2.10. The van der Waals surface area contributed by atoms with E-state index in [9.17, 15) is 4.39 Å². The summed E-state index contributed by atoms with van der Waals surface area (Å²) in [4.78, 5) is 4.32. The fourth-order valence-electron chi connectivity index (χ4n) is 2.43. The molecule has 0 bridgehead atoms. The van der Waals surface area contributed by atoms with Crippen molar-refractivity contribution in [2.45, 2.75) is 13.0 Å². The Labute approximate surface area is 140 Å². The van der Waals surface area contributed by atoms with Gasteiger partial charge in [-0.3, -0.25) is 0 Å². The second kappa shape index (κ2) is 5.46. The Morgan fingerprint density at radius 3 is 2.81 bits per heavy atom. The first-order chi connectivity index (χ1) is 9.97. The van der Waals surface area contributed by atoms with Gasteiger partial charge in [0, 0.05) is 11.1 Å². The van der Waals surface area contributed by atoms with Crippen molar-refractivity contribution in [2.24, 2.45) is 0 Å². The standard InChI is InChI=1S/C15H12ClFIN3/c1-8(9-3-2-4-10(16)5-9)21-14-6-11(17)12(18)7-13(14)20-15(21)19/h2-8H,1H3,(H2,19,20). The number of fused-ring (bicyclic) bond motifs is 1. The zero-order valence-corrected chi connectivity index (χ0v) is 14.1. The van der Waals surface area contributed by atoms with Crippen molar-refractivity contribution in [3.63, 3.8) is 0 Å². The minimum Gasteiger partial charge on any atom is -0.369 e. The number of hydrogen-bond acceptors (Lipinski definition) is 2. The van der Waals surface area contributed by atoms with Crippen LogP contribution < -0.4 is 5.73 Å². The average Bonchev–Trinajstić information content (AvgIpc) is 2.74. The van der Waals surface area contributed by atoms with E-state index in [-0.39, 0.29) is 11.9 Å². The minimum absolute atomic E-state index is 0.0897. The third-order valence-corrected chi connectivity index (χ3v) is 4.54. The molecule has 0 spiro atoms. The van der Waals surface area contributed by atoms with Crippen molar-refractivity contribution in [1.82, 2.24) is 9.55 Å². The van der Waals surface area contributed by atoms with E-state index >= 15 is 0 Å². The summed E-state index contributed by atoms with van der Waals surface area (Å²) in [6.45, 7) is 1.99. The maximum absolute atomic E-state index is 13.9. The molecular weight excluding hydrogens is 404 g/mol. The lowest BCUT2D eigenvalue weighted by atomic mass is 10.1. The molecular formula is C15H12ClFIN3. The predicted octanol–water partition coefficient (Wildman–Crippen LogP) is 4.62. The molecule has 21 heavy (non-hydrogen) atoms. The Morgan fingerprint density at radius 2 is 2.10 bits per heavy atom. The summed E-state index contributed by atoms with van der Waals surface area (Å²) < 4.78 is 16.2. The summed E-state index contributed by atoms with van der Waals surface area (Å²) in [5, 5.41) is 0.656. The summed E-state index contributed by atoms with van der Waals surface area (Å²) in [7, 11) is 0. The molecule has 0 fully saturated rings. The SMILES string of the molecule is CC(c1cccc(Cl)c1)n1c(N)nc2cc(I)c(F)cc21. The van der Waals surface area contributed by atoms with Gasteiger partial charge >= 0.3 is 0 Å². The maximum atomic E-state index is 13.9. The van der Waals surface area contributed by atoms with Crippen LogP contribution in [0.3, 0.4) is 0 Å². The fraction of sp³-hybridized carbons (Fsp3) is 0.133. The van der Waals surface area contributed by atoms with Gasteiger partial charge in [0.15, 0.2) is 0 Å².